The van der Waals surface area contributed by atoms with E-state index in [2.05, 4.69) is 64.2 Å². The molecule has 1 rings (SSSR count). The Kier molecular flexibility index (Phi) is 3.67. The largest absolute Gasteiger partial charge is 0.408 e. The SMILES string of the molecule is C=CC1(C)C[Si](C)(C=C)[Si](C)(C)[Si](C)(C=C)O1. The summed E-state index contributed by atoms with van der Waals surface area (Å²) in [7, 11) is -4.71. The van der Waals surface area contributed by atoms with Gasteiger partial charge in [0.1, 0.15) is 0 Å². The molecule has 0 radical (unpaired) electrons. The van der Waals surface area contributed by atoms with Crippen molar-refractivity contribution < 1.29 is 4.43 Å². The molecule has 0 amide bonds. The molecular weight excluding hydrogens is 256 g/mol. The molecule has 1 aliphatic rings. The van der Waals surface area contributed by atoms with E-state index in [4.69, 9.17) is 4.43 Å². The van der Waals surface area contributed by atoms with Crippen LogP contribution in [0.25, 0.3) is 0 Å². The second-order valence-corrected chi connectivity index (χ2v) is 31.4. The normalized spacial score (nSPS) is 45.0. The van der Waals surface area contributed by atoms with Crippen LogP contribution in [-0.2, 0) is 4.43 Å². The lowest BCUT2D eigenvalue weighted by molar-refractivity contribution is 0.156. The molecular formula is C13H26OSi3. The Morgan fingerprint density at radius 2 is 1.59 bits per heavy atom. The maximum atomic E-state index is 6.52. The van der Waals surface area contributed by atoms with Gasteiger partial charge in [-0.2, -0.15) is 0 Å². The summed E-state index contributed by atoms with van der Waals surface area (Å²) in [6.45, 7) is 24.1. The Morgan fingerprint density at radius 3 is 1.94 bits per heavy atom. The first-order valence-corrected chi connectivity index (χ1v) is 16.5. The van der Waals surface area contributed by atoms with Crippen molar-refractivity contribution in [1.29, 1.82) is 0 Å². The van der Waals surface area contributed by atoms with Crippen LogP contribution in [0, 0.1) is 0 Å². The average molecular weight is 283 g/mol. The molecule has 17 heavy (non-hydrogen) atoms. The van der Waals surface area contributed by atoms with Crippen LogP contribution in [0.3, 0.4) is 0 Å². The smallest absolute Gasteiger partial charge is 0.198 e. The van der Waals surface area contributed by atoms with E-state index in [-0.39, 0.29) is 5.60 Å². The first-order valence-electron chi connectivity index (χ1n) is 6.21. The summed E-state index contributed by atoms with van der Waals surface area (Å²) in [6, 6.07) is 1.13. The summed E-state index contributed by atoms with van der Waals surface area (Å²) < 4.78 is 6.52. The summed E-state index contributed by atoms with van der Waals surface area (Å²) in [5.74, 6) is 0. The molecule has 1 nitrogen and oxygen atoms in total. The second-order valence-electron chi connectivity index (χ2n) is 6.35. The van der Waals surface area contributed by atoms with Crippen molar-refractivity contribution in [3.05, 3.63) is 37.2 Å². The van der Waals surface area contributed by atoms with Gasteiger partial charge < -0.3 is 4.43 Å². The highest BCUT2D eigenvalue weighted by molar-refractivity contribution is 7.70. The zero-order chi connectivity index (χ0) is 13.5. The van der Waals surface area contributed by atoms with Crippen molar-refractivity contribution in [2.75, 3.05) is 0 Å². The fourth-order valence-electron chi connectivity index (χ4n) is 2.90. The van der Waals surface area contributed by atoms with Gasteiger partial charge in [0.15, 0.2) is 7.83 Å². The van der Waals surface area contributed by atoms with Gasteiger partial charge in [0.05, 0.1) is 20.3 Å². The zero-order valence-electron chi connectivity index (χ0n) is 12.0. The van der Waals surface area contributed by atoms with Crippen molar-refractivity contribution >= 4 is 22.5 Å². The molecule has 4 heteroatoms. The maximum absolute atomic E-state index is 6.52. The third-order valence-electron chi connectivity index (χ3n) is 5.10. The molecule has 0 bridgehead atoms. The van der Waals surface area contributed by atoms with Gasteiger partial charge in [-0.05, 0) is 19.5 Å². The van der Waals surface area contributed by atoms with Crippen LogP contribution in [0.1, 0.15) is 6.92 Å². The summed E-state index contributed by atoms with van der Waals surface area (Å²) in [5.41, 5.74) is 4.26. The van der Waals surface area contributed by atoms with Crippen molar-refractivity contribution in [2.24, 2.45) is 0 Å². The fourth-order valence-corrected chi connectivity index (χ4v) is 32.5. The monoisotopic (exact) mass is 282 g/mol. The molecule has 3 atom stereocenters. The quantitative estimate of drug-likeness (QED) is 0.563. The minimum absolute atomic E-state index is 0.174. The maximum Gasteiger partial charge on any atom is 0.198 e. The summed E-state index contributed by atoms with van der Waals surface area (Å²) in [4.78, 5) is 0. The first kappa shape index (κ1) is 14.9. The molecule has 1 heterocycles. The Bertz CT molecular complexity index is 338. The van der Waals surface area contributed by atoms with Crippen molar-refractivity contribution in [3.63, 3.8) is 0 Å². The number of hydrogen-bond acceptors (Lipinski definition) is 1. The van der Waals surface area contributed by atoms with Gasteiger partial charge in [-0.15, -0.1) is 25.4 Å². The minimum Gasteiger partial charge on any atom is -0.408 e. The minimum atomic E-state index is -1.83. The van der Waals surface area contributed by atoms with E-state index in [1.165, 1.54) is 0 Å². The highest BCUT2D eigenvalue weighted by atomic mass is 29.6. The molecule has 0 aromatic heterocycles. The lowest BCUT2D eigenvalue weighted by Gasteiger charge is -2.58. The summed E-state index contributed by atoms with van der Waals surface area (Å²) in [5, 5.41) is 0. The Balaban J connectivity index is 3.40. The van der Waals surface area contributed by atoms with E-state index >= 15 is 0 Å². The van der Waals surface area contributed by atoms with Gasteiger partial charge in [-0.1, -0.05) is 31.4 Å². The third kappa shape index (κ3) is 2.01. The standard InChI is InChI=1S/C13H26OSi3/c1-9-13(4)12-16(7,10-2)15(5,6)17(8,11-3)14-13/h9-11H,1-3,12H2,4-8H3. The van der Waals surface area contributed by atoms with Gasteiger partial charge in [0.25, 0.3) is 0 Å². The van der Waals surface area contributed by atoms with Gasteiger partial charge in [-0.25, -0.2) is 0 Å². The highest BCUT2D eigenvalue weighted by Crippen LogP contribution is 2.45. The lowest BCUT2D eigenvalue weighted by atomic mass is 10.1. The third-order valence-corrected chi connectivity index (χ3v) is 42.1. The predicted octanol–water partition coefficient (Wildman–Crippen LogP) is 3.93. The van der Waals surface area contributed by atoms with Gasteiger partial charge in [0.2, 0.25) is 0 Å². The first-order chi connectivity index (χ1) is 7.60. The molecule has 0 saturated carbocycles. The Morgan fingerprint density at radius 1 is 1.06 bits per heavy atom. The molecule has 0 N–H and O–H groups in total. The number of rotatable bonds is 3. The summed E-state index contributed by atoms with van der Waals surface area (Å²) >= 11 is 0. The predicted molar refractivity (Wildman–Crippen MR) is 85.6 cm³/mol. The van der Waals surface area contributed by atoms with Crippen LogP contribution in [-0.4, -0.2) is 28.1 Å². The molecule has 3 unspecified atom stereocenters. The second kappa shape index (κ2) is 4.19. The van der Waals surface area contributed by atoms with E-state index in [0.717, 1.165) is 6.04 Å². The zero-order valence-corrected chi connectivity index (χ0v) is 15.0. The molecule has 1 aliphatic heterocycles. The van der Waals surface area contributed by atoms with E-state index < -0.39 is 22.5 Å². The molecule has 96 valence electrons. The topological polar surface area (TPSA) is 9.23 Å². The van der Waals surface area contributed by atoms with Crippen molar-refractivity contribution in [3.8, 4) is 0 Å². The van der Waals surface area contributed by atoms with Crippen LogP contribution in [0.15, 0.2) is 37.2 Å². The molecule has 0 aromatic rings. The van der Waals surface area contributed by atoms with Gasteiger partial charge >= 0.3 is 0 Å². The van der Waals surface area contributed by atoms with Crippen LogP contribution in [0.2, 0.25) is 32.2 Å². The van der Waals surface area contributed by atoms with Gasteiger partial charge in [0, 0.05) is 0 Å². The number of hydrogen-bond donors (Lipinski definition) is 0. The lowest BCUT2D eigenvalue weighted by Crippen LogP contribution is -2.78. The highest BCUT2D eigenvalue weighted by Gasteiger charge is 2.62. The van der Waals surface area contributed by atoms with Crippen LogP contribution in [0.4, 0.5) is 0 Å². The van der Waals surface area contributed by atoms with E-state index in [0.29, 0.717) is 0 Å². The molecule has 1 saturated heterocycles. The van der Waals surface area contributed by atoms with E-state index in [1.54, 1.807) is 0 Å². The molecule has 1 fully saturated rings. The van der Waals surface area contributed by atoms with Crippen molar-refractivity contribution in [2.45, 2.75) is 44.8 Å². The van der Waals surface area contributed by atoms with Crippen LogP contribution in [0.5, 0.6) is 0 Å². The van der Waals surface area contributed by atoms with Crippen LogP contribution >= 0.6 is 0 Å². The van der Waals surface area contributed by atoms with E-state index in [1.807, 2.05) is 6.08 Å². The van der Waals surface area contributed by atoms with E-state index in [9.17, 15) is 0 Å². The Hall–Kier alpha value is -0.169. The Labute approximate surface area is 109 Å². The van der Waals surface area contributed by atoms with Gasteiger partial charge in [-0.3, -0.25) is 0 Å². The fraction of sp³-hybridized carbons (Fsp3) is 0.538. The van der Waals surface area contributed by atoms with Crippen molar-refractivity contribution in [1.82, 2.24) is 0 Å². The molecule has 0 aromatic carbocycles. The van der Waals surface area contributed by atoms with Crippen LogP contribution < -0.4 is 0 Å². The molecule has 0 aliphatic carbocycles. The average Bonchev–Trinajstić information content (AvgIpc) is 2.26. The molecule has 0 spiro atoms. The summed E-state index contributed by atoms with van der Waals surface area (Å²) in [6.07, 6.45) is 1.99.